The summed E-state index contributed by atoms with van der Waals surface area (Å²) in [4.78, 5) is 0.0201. The summed E-state index contributed by atoms with van der Waals surface area (Å²) in [7, 11) is -3.82. The Labute approximate surface area is 157 Å². The van der Waals surface area contributed by atoms with Crippen molar-refractivity contribution in [1.29, 1.82) is 0 Å². The highest BCUT2D eigenvalue weighted by molar-refractivity contribution is 7.93. The van der Waals surface area contributed by atoms with E-state index in [0.29, 0.717) is 28.2 Å². The number of benzene rings is 2. The van der Waals surface area contributed by atoms with Crippen molar-refractivity contribution in [3.05, 3.63) is 57.0 Å². The predicted molar refractivity (Wildman–Crippen MR) is 99.9 cm³/mol. The first-order valence-electron chi connectivity index (χ1n) is 7.53. The molecule has 0 aromatic heterocycles. The van der Waals surface area contributed by atoms with Crippen LogP contribution in [0.2, 0.25) is 15.1 Å². The highest BCUT2D eigenvalue weighted by Crippen LogP contribution is 2.37. The monoisotopic (exact) mass is 403 g/mol. The van der Waals surface area contributed by atoms with Gasteiger partial charge in [0.1, 0.15) is 4.90 Å². The van der Waals surface area contributed by atoms with Gasteiger partial charge in [-0.2, -0.15) is 0 Å². The van der Waals surface area contributed by atoms with Crippen LogP contribution in [-0.4, -0.2) is 15.0 Å². The van der Waals surface area contributed by atoms with Crippen molar-refractivity contribution < 1.29 is 8.42 Å². The molecule has 0 heterocycles. The van der Waals surface area contributed by atoms with Gasteiger partial charge in [-0.25, -0.2) is 8.42 Å². The van der Waals surface area contributed by atoms with Gasteiger partial charge in [-0.15, -0.1) is 0 Å². The van der Waals surface area contributed by atoms with Crippen molar-refractivity contribution in [2.24, 2.45) is 5.92 Å². The molecule has 1 fully saturated rings. The molecule has 7 heteroatoms. The molecule has 1 saturated carbocycles. The fraction of sp³-hybridized carbons (Fsp3) is 0.294. The van der Waals surface area contributed by atoms with Crippen molar-refractivity contribution in [1.82, 2.24) is 0 Å². The van der Waals surface area contributed by atoms with Crippen LogP contribution < -0.4 is 4.31 Å². The second-order valence-corrected chi connectivity index (χ2v) is 9.10. The number of rotatable bonds is 5. The smallest absolute Gasteiger partial charge is 0.265 e. The molecule has 0 atom stereocenters. The van der Waals surface area contributed by atoms with Crippen LogP contribution in [0.3, 0.4) is 0 Å². The van der Waals surface area contributed by atoms with E-state index in [0.717, 1.165) is 18.4 Å². The lowest BCUT2D eigenvalue weighted by molar-refractivity contribution is 0.588. The highest BCUT2D eigenvalue weighted by Gasteiger charge is 2.34. The summed E-state index contributed by atoms with van der Waals surface area (Å²) in [5, 5.41) is 1.06. The Kier molecular flexibility index (Phi) is 5.03. The maximum absolute atomic E-state index is 13.3. The Morgan fingerprint density at radius 2 is 1.67 bits per heavy atom. The SMILES string of the molecule is Cc1cc(Cl)ccc1N(CC1CC1)S(=O)(=O)c1cc(Cl)ccc1Cl. The van der Waals surface area contributed by atoms with Crippen LogP contribution in [0.15, 0.2) is 41.3 Å². The molecule has 0 amide bonds. The normalized spacial score (nSPS) is 14.7. The minimum Gasteiger partial charge on any atom is -0.266 e. The molecule has 0 N–H and O–H groups in total. The van der Waals surface area contributed by atoms with Crippen molar-refractivity contribution in [2.75, 3.05) is 10.8 Å². The number of nitrogens with zero attached hydrogens (tertiary/aromatic N) is 1. The number of aryl methyl sites for hydroxylation is 1. The van der Waals surface area contributed by atoms with Crippen LogP contribution >= 0.6 is 34.8 Å². The minimum atomic E-state index is -3.82. The van der Waals surface area contributed by atoms with Crippen LogP contribution in [0.25, 0.3) is 0 Å². The molecule has 0 bridgehead atoms. The fourth-order valence-electron chi connectivity index (χ4n) is 2.55. The number of halogens is 3. The van der Waals surface area contributed by atoms with E-state index < -0.39 is 10.0 Å². The van der Waals surface area contributed by atoms with E-state index in [-0.39, 0.29) is 9.92 Å². The molecule has 24 heavy (non-hydrogen) atoms. The second kappa shape index (κ2) is 6.75. The molecule has 1 aliphatic carbocycles. The molecule has 0 saturated heterocycles. The van der Waals surface area contributed by atoms with Crippen LogP contribution in [0, 0.1) is 12.8 Å². The van der Waals surface area contributed by atoms with Gasteiger partial charge in [0, 0.05) is 16.6 Å². The number of anilines is 1. The molecule has 2 aromatic carbocycles. The van der Waals surface area contributed by atoms with E-state index >= 15 is 0 Å². The molecule has 0 unspecified atom stereocenters. The van der Waals surface area contributed by atoms with Gasteiger partial charge in [-0.1, -0.05) is 34.8 Å². The Morgan fingerprint density at radius 1 is 1.04 bits per heavy atom. The third kappa shape index (κ3) is 3.67. The van der Waals surface area contributed by atoms with Gasteiger partial charge in [0.25, 0.3) is 10.0 Å². The Hall–Kier alpha value is -0.940. The largest absolute Gasteiger partial charge is 0.266 e. The molecule has 3 nitrogen and oxygen atoms in total. The summed E-state index contributed by atoms with van der Waals surface area (Å²) in [6.45, 7) is 2.27. The van der Waals surface area contributed by atoms with Crippen LogP contribution in [0.5, 0.6) is 0 Å². The van der Waals surface area contributed by atoms with Crippen LogP contribution in [0.4, 0.5) is 5.69 Å². The summed E-state index contributed by atoms with van der Waals surface area (Å²) < 4.78 is 27.9. The molecule has 2 aromatic rings. The summed E-state index contributed by atoms with van der Waals surface area (Å²) in [5.41, 5.74) is 1.41. The summed E-state index contributed by atoms with van der Waals surface area (Å²) in [6.07, 6.45) is 2.06. The van der Waals surface area contributed by atoms with E-state index in [9.17, 15) is 8.42 Å². The lowest BCUT2D eigenvalue weighted by Crippen LogP contribution is -2.33. The first kappa shape index (κ1) is 17.9. The number of hydrogen-bond donors (Lipinski definition) is 0. The first-order chi connectivity index (χ1) is 11.3. The van der Waals surface area contributed by atoms with Crippen molar-refractivity contribution in [3.8, 4) is 0 Å². The molecule has 0 radical (unpaired) electrons. The molecule has 0 spiro atoms. The number of hydrogen-bond acceptors (Lipinski definition) is 2. The van der Waals surface area contributed by atoms with Crippen molar-refractivity contribution in [3.63, 3.8) is 0 Å². The highest BCUT2D eigenvalue weighted by atomic mass is 35.5. The van der Waals surface area contributed by atoms with Crippen LogP contribution in [-0.2, 0) is 10.0 Å². The molecular weight excluding hydrogens is 389 g/mol. The van der Waals surface area contributed by atoms with E-state index in [1.807, 2.05) is 6.92 Å². The lowest BCUT2D eigenvalue weighted by atomic mass is 10.2. The average Bonchev–Trinajstić information content (AvgIpc) is 3.32. The Morgan fingerprint density at radius 3 is 2.29 bits per heavy atom. The summed E-state index contributed by atoms with van der Waals surface area (Å²) in [6, 6.07) is 9.65. The number of sulfonamides is 1. The van der Waals surface area contributed by atoms with Crippen molar-refractivity contribution in [2.45, 2.75) is 24.7 Å². The summed E-state index contributed by atoms with van der Waals surface area (Å²) in [5.74, 6) is 0.368. The fourth-order valence-corrected chi connectivity index (χ4v) is 5.13. The van der Waals surface area contributed by atoms with Crippen molar-refractivity contribution >= 4 is 50.5 Å². The predicted octanol–water partition coefficient (Wildman–Crippen LogP) is 5.56. The van der Waals surface area contributed by atoms with Gasteiger partial charge >= 0.3 is 0 Å². The van der Waals surface area contributed by atoms with E-state index in [2.05, 4.69) is 0 Å². The quantitative estimate of drug-likeness (QED) is 0.654. The maximum atomic E-state index is 13.3. The molecular formula is C17H16Cl3NO2S. The van der Waals surface area contributed by atoms with Gasteiger partial charge in [0.2, 0.25) is 0 Å². The average molecular weight is 405 g/mol. The maximum Gasteiger partial charge on any atom is 0.265 e. The van der Waals surface area contributed by atoms with E-state index in [1.165, 1.54) is 16.4 Å². The van der Waals surface area contributed by atoms with Gasteiger partial charge in [0.05, 0.1) is 10.7 Å². The van der Waals surface area contributed by atoms with Crippen LogP contribution in [0.1, 0.15) is 18.4 Å². The summed E-state index contributed by atoms with van der Waals surface area (Å²) >= 11 is 18.1. The van der Waals surface area contributed by atoms with Gasteiger partial charge in [-0.3, -0.25) is 4.31 Å². The standard InChI is InChI=1S/C17H16Cl3NO2S/c1-11-8-13(18)5-7-16(11)21(10-12-2-3-12)24(22,23)17-9-14(19)4-6-15(17)20/h4-9,12H,2-3,10H2,1H3. The first-order valence-corrected chi connectivity index (χ1v) is 10.1. The Bertz CT molecular complexity index is 879. The zero-order valence-corrected chi connectivity index (χ0v) is 16.1. The molecule has 0 aliphatic heterocycles. The van der Waals surface area contributed by atoms with E-state index in [1.54, 1.807) is 24.3 Å². The third-order valence-corrected chi connectivity index (χ3v) is 6.74. The van der Waals surface area contributed by atoms with Gasteiger partial charge in [0.15, 0.2) is 0 Å². The molecule has 128 valence electrons. The lowest BCUT2D eigenvalue weighted by Gasteiger charge is -2.26. The second-order valence-electron chi connectivity index (χ2n) is 5.99. The zero-order chi connectivity index (χ0) is 17.5. The molecule has 3 rings (SSSR count). The third-order valence-electron chi connectivity index (χ3n) is 4.01. The Balaban J connectivity index is 2.12. The van der Waals surface area contributed by atoms with E-state index in [4.69, 9.17) is 34.8 Å². The minimum absolute atomic E-state index is 0.0201. The topological polar surface area (TPSA) is 37.4 Å². The molecule has 1 aliphatic rings. The van der Waals surface area contributed by atoms with Gasteiger partial charge < -0.3 is 0 Å². The van der Waals surface area contributed by atoms with Gasteiger partial charge in [-0.05, 0) is 67.6 Å². The zero-order valence-electron chi connectivity index (χ0n) is 13.0.